The van der Waals surface area contributed by atoms with Crippen LogP contribution in [0.4, 0.5) is 18.0 Å². The number of nitrogens with one attached hydrogen (secondary N) is 1. The van der Waals surface area contributed by atoms with E-state index >= 15 is 0 Å². The molecule has 17 heavy (non-hydrogen) atoms. The lowest BCUT2D eigenvalue weighted by Gasteiger charge is -2.25. The number of alkyl carbamates (subject to hydrolysis) is 1. The summed E-state index contributed by atoms with van der Waals surface area (Å²) in [7, 11) is 1.46. The van der Waals surface area contributed by atoms with Gasteiger partial charge < -0.3 is 19.5 Å². The minimum absolute atomic E-state index is 0.0557. The smallest absolute Gasteiger partial charge is 0.422 e. The first-order valence-corrected chi connectivity index (χ1v) is 4.97. The maximum absolute atomic E-state index is 11.7. The Balaban J connectivity index is 2.27. The van der Waals surface area contributed by atoms with Crippen molar-refractivity contribution in [2.75, 3.05) is 33.5 Å². The Bertz CT molecular complexity index is 263. The summed E-state index contributed by atoms with van der Waals surface area (Å²) in [5, 5.41) is 2.22. The fourth-order valence-electron chi connectivity index (χ4n) is 1.39. The number of ether oxygens (including phenoxy) is 3. The minimum atomic E-state index is -4.52. The Morgan fingerprint density at radius 3 is 2.71 bits per heavy atom. The Morgan fingerprint density at radius 1 is 1.53 bits per heavy atom. The van der Waals surface area contributed by atoms with Crippen LogP contribution in [0.15, 0.2) is 0 Å². The van der Waals surface area contributed by atoms with Crippen molar-refractivity contribution in [2.45, 2.75) is 18.2 Å². The minimum Gasteiger partial charge on any atom is -0.440 e. The summed E-state index contributed by atoms with van der Waals surface area (Å²) < 4.78 is 49.5. The van der Waals surface area contributed by atoms with Crippen LogP contribution in [0.1, 0.15) is 6.42 Å². The SMILES string of the molecule is COC1(CNC(=O)OCC(F)(F)F)CCOC1. The van der Waals surface area contributed by atoms with E-state index in [0.29, 0.717) is 19.6 Å². The summed E-state index contributed by atoms with van der Waals surface area (Å²) in [6, 6.07) is 0. The zero-order valence-electron chi connectivity index (χ0n) is 9.30. The first-order valence-electron chi connectivity index (χ1n) is 4.97. The van der Waals surface area contributed by atoms with Crippen molar-refractivity contribution in [1.82, 2.24) is 5.32 Å². The molecule has 1 unspecified atom stereocenters. The highest BCUT2D eigenvalue weighted by Crippen LogP contribution is 2.21. The van der Waals surface area contributed by atoms with Crippen LogP contribution in [0.5, 0.6) is 0 Å². The number of carbonyl (C=O) groups excluding carboxylic acids is 1. The summed E-state index contributed by atoms with van der Waals surface area (Å²) in [6.07, 6.45) is -5.07. The molecule has 0 saturated carbocycles. The van der Waals surface area contributed by atoms with Gasteiger partial charge in [-0.25, -0.2) is 4.79 Å². The predicted molar refractivity (Wildman–Crippen MR) is 50.6 cm³/mol. The monoisotopic (exact) mass is 257 g/mol. The fourth-order valence-corrected chi connectivity index (χ4v) is 1.39. The molecule has 0 aromatic carbocycles. The highest BCUT2D eigenvalue weighted by atomic mass is 19.4. The Labute approximate surface area is 96.2 Å². The highest BCUT2D eigenvalue weighted by Gasteiger charge is 2.36. The van der Waals surface area contributed by atoms with Gasteiger partial charge in [-0.2, -0.15) is 13.2 Å². The molecule has 0 radical (unpaired) electrons. The number of hydrogen-bond donors (Lipinski definition) is 1. The Hall–Kier alpha value is -1.02. The Kier molecular flexibility index (Phi) is 4.58. The standard InChI is InChI=1S/C9H14F3NO4/c1-15-8(2-3-16-5-8)4-13-7(14)17-6-9(10,11)12/h2-6H2,1H3,(H,13,14). The van der Waals surface area contributed by atoms with E-state index in [2.05, 4.69) is 10.1 Å². The number of carbonyl (C=O) groups is 1. The van der Waals surface area contributed by atoms with Gasteiger partial charge in [0.05, 0.1) is 13.2 Å². The zero-order valence-corrected chi connectivity index (χ0v) is 9.30. The first-order chi connectivity index (χ1) is 7.87. The van der Waals surface area contributed by atoms with Crippen LogP contribution >= 0.6 is 0 Å². The second-order valence-corrected chi connectivity index (χ2v) is 3.73. The molecule has 0 spiro atoms. The van der Waals surface area contributed by atoms with Gasteiger partial charge in [0.1, 0.15) is 5.60 Å². The van der Waals surface area contributed by atoms with Gasteiger partial charge in [0.15, 0.2) is 6.61 Å². The van der Waals surface area contributed by atoms with Crippen molar-refractivity contribution in [2.24, 2.45) is 0 Å². The lowest BCUT2D eigenvalue weighted by molar-refractivity contribution is -0.160. The van der Waals surface area contributed by atoms with E-state index in [1.54, 1.807) is 0 Å². The molecule has 5 nitrogen and oxygen atoms in total. The van der Waals surface area contributed by atoms with Crippen molar-refractivity contribution in [3.63, 3.8) is 0 Å². The van der Waals surface area contributed by atoms with Crippen molar-refractivity contribution in [1.29, 1.82) is 0 Å². The molecule has 0 bridgehead atoms. The number of halogens is 3. The largest absolute Gasteiger partial charge is 0.440 e. The van der Waals surface area contributed by atoms with E-state index in [-0.39, 0.29) is 6.54 Å². The normalized spacial score (nSPS) is 24.7. The van der Waals surface area contributed by atoms with Gasteiger partial charge in [0.2, 0.25) is 0 Å². The van der Waals surface area contributed by atoms with E-state index < -0.39 is 24.5 Å². The van der Waals surface area contributed by atoms with Crippen LogP contribution < -0.4 is 5.32 Å². The molecule has 1 rings (SSSR count). The molecule has 0 aliphatic carbocycles. The topological polar surface area (TPSA) is 56.8 Å². The van der Waals surface area contributed by atoms with E-state index in [0.717, 1.165) is 0 Å². The van der Waals surface area contributed by atoms with Crippen LogP contribution in [0.3, 0.4) is 0 Å². The van der Waals surface area contributed by atoms with Gasteiger partial charge in [-0.05, 0) is 0 Å². The number of hydrogen-bond acceptors (Lipinski definition) is 4. The van der Waals surface area contributed by atoms with Crippen molar-refractivity contribution < 1.29 is 32.2 Å². The van der Waals surface area contributed by atoms with Crippen molar-refractivity contribution >= 4 is 6.09 Å². The number of alkyl halides is 3. The number of methoxy groups -OCH3 is 1. The summed E-state index contributed by atoms with van der Waals surface area (Å²) in [6.45, 7) is -0.758. The van der Waals surface area contributed by atoms with E-state index in [1.807, 2.05) is 0 Å². The lowest BCUT2D eigenvalue weighted by atomic mass is 10.0. The third-order valence-electron chi connectivity index (χ3n) is 2.42. The second kappa shape index (κ2) is 5.54. The molecular formula is C9H14F3NO4. The van der Waals surface area contributed by atoms with E-state index in [1.165, 1.54) is 7.11 Å². The molecule has 0 aromatic heterocycles. The fraction of sp³-hybridized carbons (Fsp3) is 0.889. The second-order valence-electron chi connectivity index (χ2n) is 3.73. The molecule has 8 heteroatoms. The predicted octanol–water partition coefficient (Wildman–Crippen LogP) is 1.08. The van der Waals surface area contributed by atoms with E-state index in [9.17, 15) is 18.0 Å². The van der Waals surface area contributed by atoms with Crippen LogP contribution in [0.2, 0.25) is 0 Å². The van der Waals surface area contributed by atoms with Gasteiger partial charge in [-0.3, -0.25) is 0 Å². The van der Waals surface area contributed by atoms with Gasteiger partial charge in [-0.15, -0.1) is 0 Å². The maximum atomic E-state index is 11.7. The van der Waals surface area contributed by atoms with Crippen LogP contribution in [0.25, 0.3) is 0 Å². The number of rotatable bonds is 4. The first kappa shape index (κ1) is 14.0. The third kappa shape index (κ3) is 4.78. The highest BCUT2D eigenvalue weighted by molar-refractivity contribution is 5.67. The number of amides is 1. The summed E-state index contributed by atoms with van der Waals surface area (Å²) in [5.74, 6) is 0. The van der Waals surface area contributed by atoms with Gasteiger partial charge in [0, 0.05) is 20.1 Å². The third-order valence-corrected chi connectivity index (χ3v) is 2.42. The van der Waals surface area contributed by atoms with Crippen molar-refractivity contribution in [3.8, 4) is 0 Å². The molecule has 0 aromatic rings. The van der Waals surface area contributed by atoms with E-state index in [4.69, 9.17) is 9.47 Å². The summed E-state index contributed by atoms with van der Waals surface area (Å²) in [4.78, 5) is 11.0. The summed E-state index contributed by atoms with van der Waals surface area (Å²) >= 11 is 0. The van der Waals surface area contributed by atoms with Crippen LogP contribution in [-0.4, -0.2) is 51.3 Å². The summed E-state index contributed by atoms with van der Waals surface area (Å²) in [5.41, 5.74) is -0.669. The van der Waals surface area contributed by atoms with Crippen LogP contribution in [0, 0.1) is 0 Å². The molecular weight excluding hydrogens is 243 g/mol. The quantitative estimate of drug-likeness (QED) is 0.818. The molecule has 1 aliphatic rings. The zero-order chi connectivity index (χ0) is 12.9. The van der Waals surface area contributed by atoms with Gasteiger partial charge in [0.25, 0.3) is 0 Å². The molecule has 1 atom stereocenters. The lowest BCUT2D eigenvalue weighted by Crippen LogP contribution is -2.45. The average molecular weight is 257 g/mol. The average Bonchev–Trinajstić information content (AvgIpc) is 2.72. The van der Waals surface area contributed by atoms with Crippen molar-refractivity contribution in [3.05, 3.63) is 0 Å². The molecule has 1 fully saturated rings. The molecule has 1 saturated heterocycles. The molecule has 1 aliphatic heterocycles. The molecule has 1 heterocycles. The van der Waals surface area contributed by atoms with Gasteiger partial charge in [-0.1, -0.05) is 0 Å². The molecule has 1 N–H and O–H groups in total. The Morgan fingerprint density at radius 2 is 2.24 bits per heavy atom. The van der Waals surface area contributed by atoms with Gasteiger partial charge >= 0.3 is 12.3 Å². The van der Waals surface area contributed by atoms with Crippen LogP contribution in [-0.2, 0) is 14.2 Å². The molecule has 100 valence electrons. The molecule has 1 amide bonds. The maximum Gasteiger partial charge on any atom is 0.422 e.